The second-order valence-electron chi connectivity index (χ2n) is 6.41. The molecule has 0 saturated heterocycles. The van der Waals surface area contributed by atoms with Crippen LogP contribution < -0.4 is 4.74 Å². The smallest absolute Gasteiger partial charge is 0.339 e. The Labute approximate surface area is 156 Å². The predicted molar refractivity (Wildman–Crippen MR) is 104 cm³/mol. The number of rotatable bonds is 6. The van der Waals surface area contributed by atoms with Crippen LogP contribution in [0.3, 0.4) is 0 Å². The van der Waals surface area contributed by atoms with Gasteiger partial charge in [0.15, 0.2) is 0 Å². The lowest BCUT2D eigenvalue weighted by Gasteiger charge is -2.16. The molecule has 1 unspecified atom stereocenters. The van der Waals surface area contributed by atoms with Crippen molar-refractivity contribution in [2.24, 2.45) is 0 Å². The molecular formula is C22H19NO4. The van der Waals surface area contributed by atoms with Crippen molar-refractivity contribution in [2.45, 2.75) is 12.6 Å². The van der Waals surface area contributed by atoms with Crippen LogP contribution in [-0.4, -0.2) is 33.5 Å². The molecule has 136 valence electrons. The van der Waals surface area contributed by atoms with Crippen LogP contribution in [0.5, 0.6) is 5.75 Å². The monoisotopic (exact) mass is 361 g/mol. The van der Waals surface area contributed by atoms with Gasteiger partial charge in [0, 0.05) is 21.8 Å². The number of aliphatic hydroxyl groups is 1. The average Bonchev–Trinajstić information content (AvgIpc) is 3.01. The van der Waals surface area contributed by atoms with Crippen molar-refractivity contribution in [1.82, 2.24) is 4.57 Å². The van der Waals surface area contributed by atoms with Crippen molar-refractivity contribution in [3.63, 3.8) is 0 Å². The molecule has 5 heteroatoms. The van der Waals surface area contributed by atoms with Crippen LogP contribution in [0.1, 0.15) is 10.4 Å². The maximum absolute atomic E-state index is 11.3. The number of carbonyl (C=O) groups is 1. The van der Waals surface area contributed by atoms with Gasteiger partial charge in [-0.2, -0.15) is 0 Å². The van der Waals surface area contributed by atoms with Crippen LogP contribution in [-0.2, 0) is 6.54 Å². The highest BCUT2D eigenvalue weighted by molar-refractivity contribution is 6.07. The lowest BCUT2D eigenvalue weighted by molar-refractivity contribution is 0.0678. The molecule has 0 spiro atoms. The number of carboxylic acids is 1. The Hall–Kier alpha value is -3.31. The molecule has 4 aromatic rings. The molecule has 1 atom stereocenters. The number of para-hydroxylation sites is 3. The molecule has 0 aliphatic rings. The van der Waals surface area contributed by atoms with Gasteiger partial charge in [-0.1, -0.05) is 48.5 Å². The maximum atomic E-state index is 11.3. The number of benzene rings is 3. The minimum atomic E-state index is -1.05. The SMILES string of the molecule is O=C(O)c1ccccc1OCC(O)Cn1c2ccccc2c2ccccc21. The van der Waals surface area contributed by atoms with Crippen molar-refractivity contribution >= 4 is 27.8 Å². The molecule has 27 heavy (non-hydrogen) atoms. The third-order valence-electron chi connectivity index (χ3n) is 4.62. The fourth-order valence-electron chi connectivity index (χ4n) is 3.42. The summed E-state index contributed by atoms with van der Waals surface area (Å²) in [6.07, 6.45) is -0.786. The topological polar surface area (TPSA) is 71.7 Å². The van der Waals surface area contributed by atoms with Crippen LogP contribution in [0.25, 0.3) is 21.8 Å². The second-order valence-corrected chi connectivity index (χ2v) is 6.41. The molecular weight excluding hydrogens is 342 g/mol. The summed E-state index contributed by atoms with van der Waals surface area (Å²) < 4.78 is 7.66. The van der Waals surface area contributed by atoms with Gasteiger partial charge in [0.2, 0.25) is 0 Å². The number of aromatic carboxylic acids is 1. The van der Waals surface area contributed by atoms with E-state index in [1.807, 2.05) is 36.4 Å². The molecule has 0 aliphatic heterocycles. The molecule has 1 heterocycles. The molecule has 0 bridgehead atoms. The number of carboxylic acid groups (broad SMARTS) is 1. The van der Waals surface area contributed by atoms with Gasteiger partial charge in [-0.25, -0.2) is 4.79 Å². The Morgan fingerprint density at radius 3 is 2.07 bits per heavy atom. The maximum Gasteiger partial charge on any atom is 0.339 e. The van der Waals surface area contributed by atoms with E-state index in [9.17, 15) is 15.0 Å². The Kier molecular flexibility index (Phi) is 4.52. The standard InChI is InChI=1S/C22H19NO4/c24-15(14-27-21-12-6-3-9-18(21)22(25)26)13-23-19-10-4-1-7-16(19)17-8-2-5-11-20(17)23/h1-12,15,24H,13-14H2,(H,25,26). The molecule has 0 saturated carbocycles. The Morgan fingerprint density at radius 1 is 0.889 bits per heavy atom. The summed E-state index contributed by atoms with van der Waals surface area (Å²) in [5.41, 5.74) is 2.17. The van der Waals surface area contributed by atoms with Crippen LogP contribution in [0.4, 0.5) is 0 Å². The van der Waals surface area contributed by atoms with Crippen molar-refractivity contribution in [2.75, 3.05) is 6.61 Å². The van der Waals surface area contributed by atoms with Crippen LogP contribution in [0.2, 0.25) is 0 Å². The first-order valence-corrected chi connectivity index (χ1v) is 8.74. The average molecular weight is 361 g/mol. The van der Waals surface area contributed by atoms with Gasteiger partial charge in [0.05, 0.1) is 6.54 Å². The van der Waals surface area contributed by atoms with E-state index in [0.29, 0.717) is 6.54 Å². The number of ether oxygens (including phenoxy) is 1. The molecule has 2 N–H and O–H groups in total. The minimum Gasteiger partial charge on any atom is -0.490 e. The highest BCUT2D eigenvalue weighted by Crippen LogP contribution is 2.29. The van der Waals surface area contributed by atoms with Gasteiger partial charge in [0.25, 0.3) is 0 Å². The molecule has 4 rings (SSSR count). The van der Waals surface area contributed by atoms with Crippen molar-refractivity contribution in [3.05, 3.63) is 78.4 Å². The molecule has 0 aliphatic carbocycles. The van der Waals surface area contributed by atoms with E-state index in [0.717, 1.165) is 21.8 Å². The van der Waals surface area contributed by atoms with E-state index in [1.54, 1.807) is 18.2 Å². The van der Waals surface area contributed by atoms with Gasteiger partial charge < -0.3 is 19.5 Å². The quantitative estimate of drug-likeness (QED) is 0.546. The fourth-order valence-corrected chi connectivity index (χ4v) is 3.42. The number of fused-ring (bicyclic) bond motifs is 3. The zero-order valence-corrected chi connectivity index (χ0v) is 14.6. The van der Waals surface area contributed by atoms with Gasteiger partial charge in [-0.15, -0.1) is 0 Å². The van der Waals surface area contributed by atoms with Crippen LogP contribution >= 0.6 is 0 Å². The second kappa shape index (κ2) is 7.13. The molecule has 0 radical (unpaired) electrons. The largest absolute Gasteiger partial charge is 0.490 e. The lowest BCUT2D eigenvalue weighted by atomic mass is 10.2. The Balaban J connectivity index is 1.58. The fraction of sp³-hybridized carbons (Fsp3) is 0.136. The molecule has 3 aromatic carbocycles. The summed E-state index contributed by atoms with van der Waals surface area (Å²) in [5, 5.41) is 22.0. The number of aliphatic hydroxyl groups excluding tert-OH is 1. The van der Waals surface area contributed by atoms with Crippen LogP contribution in [0.15, 0.2) is 72.8 Å². The Morgan fingerprint density at radius 2 is 1.44 bits per heavy atom. The zero-order valence-electron chi connectivity index (χ0n) is 14.6. The van der Waals surface area contributed by atoms with Crippen molar-refractivity contribution < 1.29 is 19.7 Å². The first-order chi connectivity index (χ1) is 13.1. The summed E-state index contributed by atoms with van der Waals surface area (Å²) in [7, 11) is 0. The molecule has 0 fully saturated rings. The van der Waals surface area contributed by atoms with Gasteiger partial charge in [0.1, 0.15) is 24.0 Å². The van der Waals surface area contributed by atoms with Gasteiger partial charge >= 0.3 is 5.97 Å². The van der Waals surface area contributed by atoms with Gasteiger partial charge in [-0.3, -0.25) is 0 Å². The summed E-state index contributed by atoms with van der Waals surface area (Å²) in [4.78, 5) is 11.3. The summed E-state index contributed by atoms with van der Waals surface area (Å²) in [6, 6.07) is 22.6. The third kappa shape index (κ3) is 3.25. The normalized spacial score (nSPS) is 12.3. The third-order valence-corrected chi connectivity index (χ3v) is 4.62. The Bertz CT molecular complexity index is 1060. The lowest BCUT2D eigenvalue weighted by Crippen LogP contribution is -2.24. The van der Waals surface area contributed by atoms with Crippen molar-refractivity contribution in [3.8, 4) is 5.75 Å². The number of aromatic nitrogens is 1. The highest BCUT2D eigenvalue weighted by Gasteiger charge is 2.15. The summed E-state index contributed by atoms with van der Waals surface area (Å²) >= 11 is 0. The van der Waals surface area contributed by atoms with Crippen LogP contribution in [0, 0.1) is 0 Å². The zero-order chi connectivity index (χ0) is 18.8. The molecule has 1 aromatic heterocycles. The number of hydrogen-bond acceptors (Lipinski definition) is 3. The van der Waals surface area contributed by atoms with E-state index in [-0.39, 0.29) is 17.9 Å². The van der Waals surface area contributed by atoms with Crippen molar-refractivity contribution in [1.29, 1.82) is 0 Å². The molecule has 5 nitrogen and oxygen atoms in total. The van der Waals surface area contributed by atoms with E-state index < -0.39 is 12.1 Å². The molecule has 0 amide bonds. The first kappa shape index (κ1) is 17.1. The summed E-state index contributed by atoms with van der Waals surface area (Å²) in [6.45, 7) is 0.356. The minimum absolute atomic E-state index is 0.00509. The van der Waals surface area contributed by atoms with E-state index in [1.165, 1.54) is 6.07 Å². The van der Waals surface area contributed by atoms with E-state index in [4.69, 9.17) is 4.74 Å². The summed E-state index contributed by atoms with van der Waals surface area (Å²) in [5.74, 6) is -0.797. The highest BCUT2D eigenvalue weighted by atomic mass is 16.5. The first-order valence-electron chi connectivity index (χ1n) is 8.74. The van der Waals surface area contributed by atoms with E-state index >= 15 is 0 Å². The predicted octanol–water partition coefficient (Wildman–Crippen LogP) is 3.93. The van der Waals surface area contributed by atoms with E-state index in [2.05, 4.69) is 16.7 Å². The van der Waals surface area contributed by atoms with Gasteiger partial charge in [-0.05, 0) is 24.3 Å². The number of hydrogen-bond donors (Lipinski definition) is 2. The number of nitrogens with zero attached hydrogens (tertiary/aromatic N) is 1.